The highest BCUT2D eigenvalue weighted by Gasteiger charge is 2.25. The summed E-state index contributed by atoms with van der Waals surface area (Å²) in [4.78, 5) is 28.3. The average molecular weight is 413 g/mol. The van der Waals surface area contributed by atoms with E-state index in [0.29, 0.717) is 22.7 Å². The third-order valence-electron chi connectivity index (χ3n) is 5.57. The Balaban J connectivity index is 1.33. The minimum absolute atomic E-state index is 0.0156. The molecule has 1 aromatic heterocycles. The highest BCUT2D eigenvalue weighted by Crippen LogP contribution is 2.31. The Labute approximate surface area is 178 Å². The highest BCUT2D eigenvalue weighted by atomic mass is 32.1. The van der Waals surface area contributed by atoms with E-state index in [1.54, 1.807) is 24.3 Å². The van der Waals surface area contributed by atoms with Crippen molar-refractivity contribution in [1.82, 2.24) is 0 Å². The lowest BCUT2D eigenvalue weighted by atomic mass is 10.1. The number of para-hydroxylation sites is 1. The summed E-state index contributed by atoms with van der Waals surface area (Å²) in [6, 6.07) is 23.2. The predicted molar refractivity (Wildman–Crippen MR) is 123 cm³/mol. The number of carbonyl (C=O) groups excluding carboxylic acids is 2. The largest absolute Gasteiger partial charge is 0.321 e. The molecule has 0 radical (unpaired) electrons. The Bertz CT molecular complexity index is 1270. The first kappa shape index (κ1) is 18.6. The number of rotatable bonds is 3. The predicted octanol–water partition coefficient (Wildman–Crippen LogP) is 5.66. The Morgan fingerprint density at radius 2 is 1.67 bits per heavy atom. The van der Waals surface area contributed by atoms with Gasteiger partial charge in [-0.15, -0.1) is 11.3 Å². The zero-order valence-corrected chi connectivity index (χ0v) is 17.3. The van der Waals surface area contributed by atoms with Crippen LogP contribution >= 0.6 is 11.3 Å². The molecule has 0 saturated carbocycles. The van der Waals surface area contributed by atoms with E-state index in [9.17, 15) is 9.59 Å². The number of thiophene rings is 1. The van der Waals surface area contributed by atoms with Crippen LogP contribution in [0.15, 0.2) is 72.8 Å². The number of carbonyl (C=O) groups is 2. The van der Waals surface area contributed by atoms with Gasteiger partial charge in [0.2, 0.25) is 0 Å². The maximum atomic E-state index is 12.9. The van der Waals surface area contributed by atoms with Crippen LogP contribution in [0.4, 0.5) is 11.4 Å². The van der Waals surface area contributed by atoms with Gasteiger partial charge in [0.05, 0.1) is 4.88 Å². The van der Waals surface area contributed by atoms with Gasteiger partial charge >= 0.3 is 0 Å². The number of nitrogens with one attached hydrogen (secondary N) is 1. The van der Waals surface area contributed by atoms with E-state index in [-0.39, 0.29) is 11.8 Å². The van der Waals surface area contributed by atoms with Crippen molar-refractivity contribution in [2.45, 2.75) is 13.3 Å². The summed E-state index contributed by atoms with van der Waals surface area (Å²) in [6.45, 7) is 2.67. The zero-order valence-electron chi connectivity index (χ0n) is 16.5. The summed E-state index contributed by atoms with van der Waals surface area (Å²) < 4.78 is 1.10. The Kier molecular flexibility index (Phi) is 4.60. The molecule has 0 unspecified atom stereocenters. The molecule has 1 aliphatic heterocycles. The van der Waals surface area contributed by atoms with Crippen molar-refractivity contribution < 1.29 is 9.59 Å². The lowest BCUT2D eigenvalue weighted by Gasteiger charge is -2.17. The Morgan fingerprint density at radius 3 is 2.47 bits per heavy atom. The van der Waals surface area contributed by atoms with Crippen molar-refractivity contribution in [1.29, 1.82) is 0 Å². The number of hydrogen-bond acceptors (Lipinski definition) is 3. The number of aryl methyl sites for hydroxylation is 1. The lowest BCUT2D eigenvalue weighted by Crippen LogP contribution is -2.28. The SMILES string of the molecule is Cc1c(C(=O)Nc2ccc(C(=O)N3CCc4ccccc43)cc2)sc2ccccc12. The molecule has 0 aliphatic carbocycles. The van der Waals surface area contributed by atoms with Crippen molar-refractivity contribution in [3.63, 3.8) is 0 Å². The Morgan fingerprint density at radius 1 is 0.933 bits per heavy atom. The molecule has 0 bridgehead atoms. The van der Waals surface area contributed by atoms with Crippen LogP contribution in [0, 0.1) is 6.92 Å². The van der Waals surface area contributed by atoms with Gasteiger partial charge in [-0.05, 0) is 66.3 Å². The highest BCUT2D eigenvalue weighted by molar-refractivity contribution is 7.21. The van der Waals surface area contributed by atoms with Crippen molar-refractivity contribution >= 4 is 44.6 Å². The van der Waals surface area contributed by atoms with Crippen LogP contribution in [0.5, 0.6) is 0 Å². The van der Waals surface area contributed by atoms with Gasteiger partial charge in [-0.1, -0.05) is 36.4 Å². The molecule has 5 heteroatoms. The van der Waals surface area contributed by atoms with E-state index < -0.39 is 0 Å². The fourth-order valence-corrected chi connectivity index (χ4v) is 5.08. The maximum Gasteiger partial charge on any atom is 0.266 e. The minimum Gasteiger partial charge on any atom is -0.321 e. The molecule has 4 aromatic rings. The van der Waals surface area contributed by atoms with Gasteiger partial charge in [0.1, 0.15) is 0 Å². The molecule has 148 valence electrons. The van der Waals surface area contributed by atoms with Crippen LogP contribution in [-0.4, -0.2) is 18.4 Å². The first-order valence-corrected chi connectivity index (χ1v) is 10.7. The minimum atomic E-state index is -0.124. The second kappa shape index (κ2) is 7.43. The summed E-state index contributed by atoms with van der Waals surface area (Å²) in [7, 11) is 0. The molecule has 2 amide bonds. The van der Waals surface area contributed by atoms with Gasteiger partial charge in [-0.25, -0.2) is 0 Å². The molecular weight excluding hydrogens is 392 g/mol. The standard InChI is InChI=1S/C25H20N2O2S/c1-16-20-7-3-5-9-22(20)30-23(16)24(28)26-19-12-10-18(11-13-19)25(29)27-15-14-17-6-2-4-8-21(17)27/h2-13H,14-15H2,1H3,(H,26,28). The van der Waals surface area contributed by atoms with Gasteiger partial charge in [0.15, 0.2) is 0 Å². The number of benzene rings is 3. The molecule has 1 N–H and O–H groups in total. The summed E-state index contributed by atoms with van der Waals surface area (Å²) in [6.07, 6.45) is 0.880. The third kappa shape index (κ3) is 3.17. The number of hydrogen-bond donors (Lipinski definition) is 1. The van der Waals surface area contributed by atoms with E-state index in [1.165, 1.54) is 16.9 Å². The summed E-state index contributed by atoms with van der Waals surface area (Å²) in [5.74, 6) is -0.139. The van der Waals surface area contributed by atoms with Gasteiger partial charge in [-0.3, -0.25) is 9.59 Å². The average Bonchev–Trinajstić information content (AvgIpc) is 3.35. The normalized spacial score (nSPS) is 12.8. The molecule has 5 rings (SSSR count). The van der Waals surface area contributed by atoms with Crippen molar-refractivity contribution in [3.05, 3.63) is 94.4 Å². The molecular formula is C25H20N2O2S. The van der Waals surface area contributed by atoms with Crippen molar-refractivity contribution in [2.24, 2.45) is 0 Å². The topological polar surface area (TPSA) is 49.4 Å². The summed E-state index contributed by atoms with van der Waals surface area (Å²) in [5.41, 5.74) is 4.47. The summed E-state index contributed by atoms with van der Waals surface area (Å²) in [5, 5.41) is 4.07. The maximum absolute atomic E-state index is 12.9. The quantitative estimate of drug-likeness (QED) is 0.472. The van der Waals surface area contributed by atoms with Crippen LogP contribution in [0.2, 0.25) is 0 Å². The third-order valence-corrected chi connectivity index (χ3v) is 6.84. The van der Waals surface area contributed by atoms with Crippen LogP contribution in [-0.2, 0) is 6.42 Å². The zero-order chi connectivity index (χ0) is 20.7. The van der Waals surface area contributed by atoms with E-state index in [0.717, 1.165) is 27.8 Å². The van der Waals surface area contributed by atoms with Crippen LogP contribution in [0.25, 0.3) is 10.1 Å². The van der Waals surface area contributed by atoms with Crippen LogP contribution < -0.4 is 10.2 Å². The fraction of sp³-hybridized carbons (Fsp3) is 0.120. The molecule has 0 spiro atoms. The van der Waals surface area contributed by atoms with E-state index in [1.807, 2.05) is 54.3 Å². The summed E-state index contributed by atoms with van der Waals surface area (Å²) >= 11 is 1.50. The number of anilines is 2. The Hall–Kier alpha value is -3.44. The van der Waals surface area contributed by atoms with Gasteiger partial charge in [-0.2, -0.15) is 0 Å². The lowest BCUT2D eigenvalue weighted by molar-refractivity contribution is 0.0988. The molecule has 0 saturated heterocycles. The monoisotopic (exact) mass is 412 g/mol. The molecule has 0 fully saturated rings. The van der Waals surface area contributed by atoms with Crippen molar-refractivity contribution in [3.8, 4) is 0 Å². The van der Waals surface area contributed by atoms with Crippen LogP contribution in [0.3, 0.4) is 0 Å². The molecule has 3 aromatic carbocycles. The van der Waals surface area contributed by atoms with Crippen molar-refractivity contribution in [2.75, 3.05) is 16.8 Å². The van der Waals surface area contributed by atoms with Gasteiger partial charge in [0, 0.05) is 28.2 Å². The molecule has 4 nitrogen and oxygen atoms in total. The second-order valence-corrected chi connectivity index (χ2v) is 8.47. The number of nitrogens with zero attached hydrogens (tertiary/aromatic N) is 1. The molecule has 30 heavy (non-hydrogen) atoms. The molecule has 2 heterocycles. The van der Waals surface area contributed by atoms with E-state index in [2.05, 4.69) is 11.4 Å². The molecule has 0 atom stereocenters. The first-order valence-electron chi connectivity index (χ1n) is 9.91. The number of amides is 2. The smallest absolute Gasteiger partial charge is 0.266 e. The van der Waals surface area contributed by atoms with E-state index >= 15 is 0 Å². The van der Waals surface area contributed by atoms with E-state index in [4.69, 9.17) is 0 Å². The van der Waals surface area contributed by atoms with Crippen LogP contribution in [0.1, 0.15) is 31.2 Å². The first-order chi connectivity index (χ1) is 14.6. The van der Waals surface area contributed by atoms with Gasteiger partial charge < -0.3 is 10.2 Å². The second-order valence-electron chi connectivity index (χ2n) is 7.42. The van der Waals surface area contributed by atoms with Gasteiger partial charge in [0.25, 0.3) is 11.8 Å². The molecule has 1 aliphatic rings. The number of fused-ring (bicyclic) bond motifs is 2. The fourth-order valence-electron chi connectivity index (χ4n) is 3.98.